The fraction of sp³-hybridized carbons (Fsp3) is 0.667. The summed E-state index contributed by atoms with van der Waals surface area (Å²) >= 11 is 0. The predicted molar refractivity (Wildman–Crippen MR) is 118 cm³/mol. The molecule has 2 heterocycles. The Bertz CT molecular complexity index is 750. The molecule has 160 valence electrons. The van der Waals surface area contributed by atoms with Crippen LogP contribution < -0.4 is 5.32 Å². The van der Waals surface area contributed by atoms with E-state index in [1.54, 1.807) is 0 Å². The summed E-state index contributed by atoms with van der Waals surface area (Å²) in [6, 6.07) is 8.35. The highest BCUT2D eigenvalue weighted by Gasteiger charge is 2.23. The SMILES string of the molecule is CCCCCCCCCCn1c(CCNC(=O)C2CCCO2)nc2ccccc21. The molecule has 3 rings (SSSR count). The van der Waals surface area contributed by atoms with E-state index in [9.17, 15) is 4.79 Å². The Morgan fingerprint density at radius 2 is 1.90 bits per heavy atom. The molecule has 1 N–H and O–H groups in total. The van der Waals surface area contributed by atoms with Crippen molar-refractivity contribution < 1.29 is 9.53 Å². The molecular weight excluding hydrogens is 362 g/mol. The summed E-state index contributed by atoms with van der Waals surface area (Å²) in [5.41, 5.74) is 2.25. The number of nitrogens with zero attached hydrogens (tertiary/aromatic N) is 2. The maximum atomic E-state index is 12.2. The quantitative estimate of drug-likeness (QED) is 0.482. The van der Waals surface area contributed by atoms with Crippen molar-refractivity contribution in [2.75, 3.05) is 13.2 Å². The van der Waals surface area contributed by atoms with E-state index in [1.807, 2.05) is 6.07 Å². The van der Waals surface area contributed by atoms with E-state index in [0.717, 1.165) is 37.1 Å². The minimum Gasteiger partial charge on any atom is -0.368 e. The molecule has 0 saturated carbocycles. The second-order valence-corrected chi connectivity index (χ2v) is 8.19. The molecule has 1 aromatic heterocycles. The van der Waals surface area contributed by atoms with Crippen LogP contribution in [0.4, 0.5) is 0 Å². The average molecular weight is 400 g/mol. The Hall–Kier alpha value is -1.88. The molecular formula is C24H37N3O2. The Morgan fingerprint density at radius 3 is 2.66 bits per heavy atom. The van der Waals surface area contributed by atoms with Crippen LogP contribution >= 0.6 is 0 Å². The van der Waals surface area contributed by atoms with Crippen molar-refractivity contribution in [3.63, 3.8) is 0 Å². The van der Waals surface area contributed by atoms with Gasteiger partial charge < -0.3 is 14.6 Å². The molecule has 1 aliphatic rings. The van der Waals surface area contributed by atoms with Crippen molar-refractivity contribution in [2.45, 2.75) is 90.2 Å². The van der Waals surface area contributed by atoms with Crippen molar-refractivity contribution in [3.8, 4) is 0 Å². The van der Waals surface area contributed by atoms with E-state index in [-0.39, 0.29) is 12.0 Å². The van der Waals surface area contributed by atoms with Crippen molar-refractivity contribution in [1.29, 1.82) is 0 Å². The van der Waals surface area contributed by atoms with Gasteiger partial charge in [-0.05, 0) is 31.4 Å². The largest absolute Gasteiger partial charge is 0.368 e. The zero-order chi connectivity index (χ0) is 20.3. The molecule has 1 unspecified atom stereocenters. The van der Waals surface area contributed by atoms with Gasteiger partial charge in [-0.25, -0.2) is 4.98 Å². The van der Waals surface area contributed by atoms with Crippen LogP contribution in [0.25, 0.3) is 11.0 Å². The number of carbonyl (C=O) groups is 1. The van der Waals surface area contributed by atoms with Crippen LogP contribution in [0.3, 0.4) is 0 Å². The lowest BCUT2D eigenvalue weighted by Gasteiger charge is -2.12. The van der Waals surface area contributed by atoms with Crippen molar-refractivity contribution >= 4 is 16.9 Å². The van der Waals surface area contributed by atoms with Gasteiger partial charge in [-0.2, -0.15) is 0 Å². The average Bonchev–Trinajstić information content (AvgIpc) is 3.38. The number of hydrogen-bond donors (Lipinski definition) is 1. The summed E-state index contributed by atoms with van der Waals surface area (Å²) in [5.74, 6) is 1.09. The number of para-hydroxylation sites is 2. The molecule has 1 fully saturated rings. The molecule has 1 amide bonds. The molecule has 1 atom stereocenters. The summed E-state index contributed by atoms with van der Waals surface area (Å²) in [5, 5.41) is 3.03. The number of unbranched alkanes of at least 4 members (excludes halogenated alkanes) is 7. The first kappa shape index (κ1) is 21.8. The van der Waals surface area contributed by atoms with Crippen molar-refractivity contribution in [3.05, 3.63) is 30.1 Å². The van der Waals surface area contributed by atoms with Gasteiger partial charge in [0.2, 0.25) is 5.91 Å². The van der Waals surface area contributed by atoms with E-state index in [2.05, 4.69) is 35.0 Å². The number of amides is 1. The second kappa shape index (κ2) is 12.0. The van der Waals surface area contributed by atoms with Gasteiger partial charge in [0.25, 0.3) is 0 Å². The Balaban J connectivity index is 1.48. The fourth-order valence-electron chi connectivity index (χ4n) is 4.17. The number of aromatic nitrogens is 2. The second-order valence-electron chi connectivity index (χ2n) is 8.19. The first-order valence-corrected chi connectivity index (χ1v) is 11.6. The van der Waals surface area contributed by atoms with Crippen molar-refractivity contribution in [1.82, 2.24) is 14.9 Å². The monoisotopic (exact) mass is 399 g/mol. The minimum atomic E-state index is -0.258. The van der Waals surface area contributed by atoms with Crippen LogP contribution in [0.1, 0.15) is 77.0 Å². The first-order valence-electron chi connectivity index (χ1n) is 11.6. The van der Waals surface area contributed by atoms with Gasteiger partial charge in [0.15, 0.2) is 0 Å². The normalized spacial score (nSPS) is 16.5. The Labute approximate surface area is 175 Å². The molecule has 1 aromatic carbocycles. The highest BCUT2D eigenvalue weighted by molar-refractivity contribution is 5.81. The molecule has 0 spiro atoms. The zero-order valence-corrected chi connectivity index (χ0v) is 18.0. The van der Waals surface area contributed by atoms with Crippen LogP contribution in [0.15, 0.2) is 24.3 Å². The van der Waals surface area contributed by atoms with E-state index in [4.69, 9.17) is 9.72 Å². The lowest BCUT2D eigenvalue weighted by atomic mass is 10.1. The molecule has 1 saturated heterocycles. The fourth-order valence-corrected chi connectivity index (χ4v) is 4.17. The van der Waals surface area contributed by atoms with Gasteiger partial charge in [-0.1, -0.05) is 64.0 Å². The van der Waals surface area contributed by atoms with Crippen molar-refractivity contribution in [2.24, 2.45) is 0 Å². The number of ether oxygens (including phenoxy) is 1. The van der Waals surface area contributed by atoms with E-state index in [0.29, 0.717) is 13.2 Å². The molecule has 1 aliphatic heterocycles. The van der Waals surface area contributed by atoms with E-state index in [1.165, 1.54) is 56.9 Å². The summed E-state index contributed by atoms with van der Waals surface area (Å²) in [4.78, 5) is 17.0. The van der Waals surface area contributed by atoms with E-state index < -0.39 is 0 Å². The van der Waals surface area contributed by atoms with Gasteiger partial charge in [0.05, 0.1) is 11.0 Å². The van der Waals surface area contributed by atoms with Crippen LogP contribution in [-0.2, 0) is 22.5 Å². The predicted octanol–water partition coefficient (Wildman–Crippen LogP) is 5.01. The number of benzene rings is 1. The third-order valence-electron chi connectivity index (χ3n) is 5.84. The lowest BCUT2D eigenvalue weighted by molar-refractivity contribution is -0.130. The first-order chi connectivity index (χ1) is 14.3. The molecule has 5 nitrogen and oxygen atoms in total. The third-order valence-corrected chi connectivity index (χ3v) is 5.84. The Morgan fingerprint density at radius 1 is 1.14 bits per heavy atom. The van der Waals surface area contributed by atoms with Gasteiger partial charge in [0, 0.05) is 26.1 Å². The number of hydrogen-bond acceptors (Lipinski definition) is 3. The summed E-state index contributed by atoms with van der Waals surface area (Å²) < 4.78 is 7.82. The van der Waals surface area contributed by atoms with Gasteiger partial charge in [-0.3, -0.25) is 4.79 Å². The van der Waals surface area contributed by atoms with Crippen LogP contribution in [-0.4, -0.2) is 34.7 Å². The number of carbonyl (C=O) groups excluding carboxylic acids is 1. The molecule has 0 bridgehead atoms. The smallest absolute Gasteiger partial charge is 0.249 e. The molecule has 29 heavy (non-hydrogen) atoms. The Kier molecular flexibility index (Phi) is 9.00. The highest BCUT2D eigenvalue weighted by atomic mass is 16.5. The number of imidazole rings is 1. The van der Waals surface area contributed by atoms with Gasteiger partial charge >= 0.3 is 0 Å². The minimum absolute atomic E-state index is 0.0215. The highest BCUT2D eigenvalue weighted by Crippen LogP contribution is 2.18. The number of fused-ring (bicyclic) bond motifs is 1. The topological polar surface area (TPSA) is 56.2 Å². The molecule has 0 aliphatic carbocycles. The molecule has 5 heteroatoms. The number of aryl methyl sites for hydroxylation is 1. The summed E-state index contributed by atoms with van der Waals surface area (Å²) in [7, 11) is 0. The maximum absolute atomic E-state index is 12.2. The number of nitrogens with one attached hydrogen (secondary N) is 1. The number of rotatable bonds is 13. The van der Waals surface area contributed by atoms with Gasteiger partial charge in [0.1, 0.15) is 11.9 Å². The summed E-state index contributed by atoms with van der Waals surface area (Å²) in [6.07, 6.45) is 12.9. The molecule has 2 aromatic rings. The maximum Gasteiger partial charge on any atom is 0.249 e. The van der Waals surface area contributed by atoms with Crippen LogP contribution in [0.5, 0.6) is 0 Å². The lowest BCUT2D eigenvalue weighted by Crippen LogP contribution is -2.35. The third kappa shape index (κ3) is 6.56. The van der Waals surface area contributed by atoms with Gasteiger partial charge in [-0.15, -0.1) is 0 Å². The molecule has 0 radical (unpaired) electrons. The van der Waals surface area contributed by atoms with Crippen LogP contribution in [0.2, 0.25) is 0 Å². The summed E-state index contributed by atoms with van der Waals surface area (Å²) in [6.45, 7) is 4.58. The standard InChI is InChI=1S/C24H37N3O2/c1-2-3-4-5-6-7-8-11-18-27-21-14-10-9-13-20(21)26-23(27)16-17-25-24(28)22-15-12-19-29-22/h9-10,13-14,22H,2-8,11-12,15-19H2,1H3,(H,25,28). The zero-order valence-electron chi connectivity index (χ0n) is 18.0. The van der Waals surface area contributed by atoms with E-state index >= 15 is 0 Å². The van der Waals surface area contributed by atoms with Crippen LogP contribution in [0, 0.1) is 0 Å².